The molecule has 0 aliphatic carbocycles. The van der Waals surface area contributed by atoms with E-state index in [1.54, 1.807) is 11.3 Å². The van der Waals surface area contributed by atoms with Gasteiger partial charge in [-0.1, -0.05) is 6.92 Å². The summed E-state index contributed by atoms with van der Waals surface area (Å²) in [6.07, 6.45) is 2.15. The molecule has 4 heteroatoms. The second-order valence-corrected chi connectivity index (χ2v) is 4.67. The van der Waals surface area contributed by atoms with Gasteiger partial charge in [0, 0.05) is 29.5 Å². The van der Waals surface area contributed by atoms with Gasteiger partial charge in [-0.15, -0.1) is 22.9 Å². The first-order chi connectivity index (χ1) is 6.76. The topological polar surface area (TPSA) is 24.9 Å². The lowest BCUT2D eigenvalue weighted by atomic mass is 10.2. The zero-order valence-corrected chi connectivity index (χ0v) is 10.3. The van der Waals surface area contributed by atoms with Crippen molar-refractivity contribution in [3.8, 4) is 0 Å². The van der Waals surface area contributed by atoms with Crippen molar-refractivity contribution in [1.29, 1.82) is 0 Å². The molecule has 1 rings (SSSR count). The molecule has 14 heavy (non-hydrogen) atoms. The fraction of sp³-hybridized carbons (Fsp3) is 0.700. The molecule has 1 aromatic rings. The summed E-state index contributed by atoms with van der Waals surface area (Å²) < 4.78 is 0. The summed E-state index contributed by atoms with van der Waals surface area (Å²) in [5, 5.41) is 6.71. The van der Waals surface area contributed by atoms with Crippen molar-refractivity contribution in [2.45, 2.75) is 39.3 Å². The number of nitrogens with zero attached hydrogens (tertiary/aromatic N) is 1. The minimum Gasteiger partial charge on any atom is -0.308 e. The zero-order valence-electron chi connectivity index (χ0n) is 8.72. The van der Waals surface area contributed by atoms with Gasteiger partial charge in [0.15, 0.2) is 0 Å². The van der Waals surface area contributed by atoms with Crippen LogP contribution < -0.4 is 5.32 Å². The van der Waals surface area contributed by atoms with E-state index in [4.69, 9.17) is 11.6 Å². The molecule has 80 valence electrons. The monoisotopic (exact) mass is 232 g/mol. The van der Waals surface area contributed by atoms with E-state index in [1.807, 2.05) is 6.92 Å². The molecule has 0 saturated heterocycles. The van der Waals surface area contributed by atoms with Crippen molar-refractivity contribution in [2.24, 2.45) is 0 Å². The van der Waals surface area contributed by atoms with Crippen LogP contribution in [0.1, 0.15) is 30.5 Å². The Morgan fingerprint density at radius 2 is 2.43 bits per heavy atom. The second-order valence-electron chi connectivity index (χ2n) is 3.35. The number of rotatable bonds is 6. The molecule has 0 amide bonds. The van der Waals surface area contributed by atoms with Crippen LogP contribution in [-0.2, 0) is 6.54 Å². The van der Waals surface area contributed by atoms with Gasteiger partial charge in [0.25, 0.3) is 0 Å². The molecule has 1 N–H and O–H groups in total. The van der Waals surface area contributed by atoms with E-state index in [0.717, 1.165) is 36.0 Å². The lowest BCUT2D eigenvalue weighted by molar-refractivity contribution is 0.485. The molecule has 0 radical (unpaired) electrons. The van der Waals surface area contributed by atoms with Crippen molar-refractivity contribution in [1.82, 2.24) is 10.3 Å². The first-order valence-corrected chi connectivity index (χ1v) is 6.38. The summed E-state index contributed by atoms with van der Waals surface area (Å²) in [4.78, 5) is 4.40. The van der Waals surface area contributed by atoms with Crippen LogP contribution in [0.4, 0.5) is 0 Å². The molecular formula is C10H17ClN2S. The van der Waals surface area contributed by atoms with E-state index in [0.29, 0.717) is 6.04 Å². The molecule has 0 bridgehead atoms. The Bertz CT molecular complexity index is 262. The molecule has 0 spiro atoms. The fourth-order valence-corrected chi connectivity index (χ4v) is 2.28. The first-order valence-electron chi connectivity index (χ1n) is 4.96. The average Bonchev–Trinajstić information content (AvgIpc) is 2.59. The van der Waals surface area contributed by atoms with Crippen LogP contribution in [0.25, 0.3) is 0 Å². The van der Waals surface area contributed by atoms with E-state index >= 15 is 0 Å². The van der Waals surface area contributed by atoms with Gasteiger partial charge in [0.05, 0.1) is 0 Å². The van der Waals surface area contributed by atoms with Crippen molar-refractivity contribution in [3.05, 3.63) is 16.1 Å². The van der Waals surface area contributed by atoms with Gasteiger partial charge in [-0.05, 0) is 19.8 Å². The van der Waals surface area contributed by atoms with E-state index < -0.39 is 0 Å². The summed E-state index contributed by atoms with van der Waals surface area (Å²) in [5.74, 6) is 0.725. The van der Waals surface area contributed by atoms with Crippen molar-refractivity contribution in [2.75, 3.05) is 5.88 Å². The standard InChI is InChI=1S/C10H17ClN2S/c1-3-9(4-5-11)12-6-10-13-8(2)7-14-10/h7,9,12H,3-6H2,1-2H3. The quantitative estimate of drug-likeness (QED) is 0.763. The highest BCUT2D eigenvalue weighted by molar-refractivity contribution is 7.09. The molecule has 1 atom stereocenters. The van der Waals surface area contributed by atoms with Crippen LogP contribution in [0.5, 0.6) is 0 Å². The Morgan fingerprint density at radius 3 is 2.93 bits per heavy atom. The Kier molecular flexibility index (Phi) is 5.45. The highest BCUT2D eigenvalue weighted by Gasteiger charge is 2.05. The maximum absolute atomic E-state index is 5.71. The SMILES string of the molecule is CCC(CCCl)NCc1nc(C)cs1. The fourth-order valence-electron chi connectivity index (χ4n) is 1.30. The number of nitrogens with one attached hydrogen (secondary N) is 1. The molecule has 0 aliphatic heterocycles. The van der Waals surface area contributed by atoms with E-state index in [9.17, 15) is 0 Å². The van der Waals surface area contributed by atoms with E-state index in [2.05, 4.69) is 22.6 Å². The van der Waals surface area contributed by atoms with Gasteiger partial charge in [-0.25, -0.2) is 4.98 Å². The molecule has 2 nitrogen and oxygen atoms in total. The highest BCUT2D eigenvalue weighted by atomic mass is 35.5. The van der Waals surface area contributed by atoms with Gasteiger partial charge >= 0.3 is 0 Å². The van der Waals surface area contributed by atoms with Crippen LogP contribution in [0.3, 0.4) is 0 Å². The Morgan fingerprint density at radius 1 is 1.64 bits per heavy atom. The molecule has 1 unspecified atom stereocenters. The number of alkyl halides is 1. The number of aromatic nitrogens is 1. The minimum atomic E-state index is 0.525. The maximum Gasteiger partial charge on any atom is 0.107 e. The lowest BCUT2D eigenvalue weighted by Crippen LogP contribution is -2.28. The molecule has 1 aromatic heterocycles. The van der Waals surface area contributed by atoms with Gasteiger partial charge in [0.1, 0.15) is 5.01 Å². The maximum atomic E-state index is 5.71. The van der Waals surface area contributed by atoms with Crippen molar-refractivity contribution in [3.63, 3.8) is 0 Å². The Balaban J connectivity index is 2.31. The Hall–Kier alpha value is -0.120. The van der Waals surface area contributed by atoms with Gasteiger partial charge in [-0.3, -0.25) is 0 Å². The zero-order chi connectivity index (χ0) is 10.4. The molecule has 0 fully saturated rings. The van der Waals surface area contributed by atoms with Crippen LogP contribution in [0, 0.1) is 6.92 Å². The Labute approximate surface area is 94.7 Å². The predicted molar refractivity (Wildman–Crippen MR) is 63.1 cm³/mol. The third kappa shape index (κ3) is 3.95. The summed E-state index contributed by atoms with van der Waals surface area (Å²) in [6, 6.07) is 0.525. The van der Waals surface area contributed by atoms with Crippen LogP contribution in [0.2, 0.25) is 0 Å². The van der Waals surface area contributed by atoms with Crippen molar-refractivity contribution < 1.29 is 0 Å². The van der Waals surface area contributed by atoms with Crippen LogP contribution in [0.15, 0.2) is 5.38 Å². The number of thiazole rings is 1. The predicted octanol–water partition coefficient (Wildman–Crippen LogP) is 2.95. The molecule has 1 heterocycles. The smallest absolute Gasteiger partial charge is 0.107 e. The second kappa shape index (κ2) is 6.38. The van der Waals surface area contributed by atoms with E-state index in [1.165, 1.54) is 0 Å². The first kappa shape index (κ1) is 12.0. The van der Waals surface area contributed by atoms with Gasteiger partial charge in [0.2, 0.25) is 0 Å². The number of hydrogen-bond donors (Lipinski definition) is 1. The number of aryl methyl sites for hydroxylation is 1. The number of hydrogen-bond acceptors (Lipinski definition) is 3. The molecular weight excluding hydrogens is 216 g/mol. The highest BCUT2D eigenvalue weighted by Crippen LogP contribution is 2.09. The summed E-state index contributed by atoms with van der Waals surface area (Å²) >= 11 is 7.42. The van der Waals surface area contributed by atoms with E-state index in [-0.39, 0.29) is 0 Å². The molecule has 0 aromatic carbocycles. The van der Waals surface area contributed by atoms with Crippen molar-refractivity contribution >= 4 is 22.9 Å². The molecule has 0 aliphatic rings. The summed E-state index contributed by atoms with van der Waals surface area (Å²) in [5.41, 5.74) is 1.11. The average molecular weight is 233 g/mol. The molecule has 0 saturated carbocycles. The third-order valence-electron chi connectivity index (χ3n) is 2.16. The summed E-state index contributed by atoms with van der Waals surface area (Å²) in [7, 11) is 0. The van der Waals surface area contributed by atoms with Gasteiger partial charge in [-0.2, -0.15) is 0 Å². The summed E-state index contributed by atoms with van der Waals surface area (Å²) in [6.45, 7) is 5.07. The normalized spacial score (nSPS) is 13.1. The van der Waals surface area contributed by atoms with Gasteiger partial charge < -0.3 is 5.32 Å². The van der Waals surface area contributed by atoms with Crippen LogP contribution >= 0.6 is 22.9 Å². The van der Waals surface area contributed by atoms with Crippen LogP contribution in [-0.4, -0.2) is 16.9 Å². The minimum absolute atomic E-state index is 0.525. The lowest BCUT2D eigenvalue weighted by Gasteiger charge is -2.13. The largest absolute Gasteiger partial charge is 0.308 e. The number of halogens is 1. The third-order valence-corrected chi connectivity index (χ3v) is 3.34.